The molecule has 12 rings (SSSR count). The maximum Gasteiger partial charge on any atom is 0.139 e. The average molecular weight is 719 g/mol. The lowest BCUT2D eigenvalue weighted by Crippen LogP contribution is -2.17. The van der Waals surface area contributed by atoms with Gasteiger partial charge in [-0.05, 0) is 132 Å². The normalized spacial score (nSPS) is 14.7. The second kappa shape index (κ2) is 11.0. The van der Waals surface area contributed by atoms with Gasteiger partial charge in [0.2, 0.25) is 0 Å². The predicted octanol–water partition coefficient (Wildman–Crippen LogP) is 15.1. The number of benzene rings is 8. The molecule has 0 aliphatic heterocycles. The maximum atomic E-state index is 6.42. The summed E-state index contributed by atoms with van der Waals surface area (Å²) in [4.78, 5) is 0. The molecule has 0 fully saturated rings. The van der Waals surface area contributed by atoms with Gasteiger partial charge in [0.15, 0.2) is 0 Å². The summed E-state index contributed by atoms with van der Waals surface area (Å²) in [5.74, 6) is 0. The third-order valence-electron chi connectivity index (χ3n) is 13.1. The fraction of sp³-hybridized carbons (Fsp3) is 0.111. The minimum absolute atomic E-state index is 0.0214. The molecule has 0 atom stereocenters. The zero-order chi connectivity index (χ0) is 37.5. The zero-order valence-electron chi connectivity index (χ0n) is 31.8. The van der Waals surface area contributed by atoms with Crippen molar-refractivity contribution in [2.75, 3.05) is 0 Å². The Labute approximate surface area is 325 Å². The average Bonchev–Trinajstić information content (AvgIpc) is 3.91. The molecule has 0 bridgehead atoms. The van der Waals surface area contributed by atoms with Crippen LogP contribution in [0.1, 0.15) is 49.9 Å². The van der Waals surface area contributed by atoms with Crippen LogP contribution in [0.5, 0.6) is 0 Å². The smallest absolute Gasteiger partial charge is 0.139 e. The van der Waals surface area contributed by atoms with Gasteiger partial charge in [0, 0.05) is 38.4 Å². The molecule has 2 heteroatoms. The third kappa shape index (κ3) is 4.33. The highest BCUT2D eigenvalue weighted by Gasteiger charge is 2.41. The first-order valence-corrected chi connectivity index (χ1v) is 19.6. The fourth-order valence-corrected chi connectivity index (χ4v) is 10.0. The van der Waals surface area contributed by atoms with Crippen LogP contribution in [-0.4, -0.2) is 0 Å². The molecular formula is C54H38O2. The molecule has 0 radical (unpaired) electrons. The molecule has 0 amide bonds. The van der Waals surface area contributed by atoms with E-state index in [-0.39, 0.29) is 10.8 Å². The molecule has 0 unspecified atom stereocenters. The molecule has 2 nitrogen and oxygen atoms in total. The van der Waals surface area contributed by atoms with Gasteiger partial charge >= 0.3 is 0 Å². The van der Waals surface area contributed by atoms with Gasteiger partial charge in [0.05, 0.1) is 0 Å². The monoisotopic (exact) mass is 718 g/mol. The summed E-state index contributed by atoms with van der Waals surface area (Å²) in [5.41, 5.74) is 21.6. The fourth-order valence-electron chi connectivity index (χ4n) is 10.0. The van der Waals surface area contributed by atoms with Gasteiger partial charge < -0.3 is 8.83 Å². The summed E-state index contributed by atoms with van der Waals surface area (Å²) in [6.45, 7) is 9.52. The molecule has 2 aliphatic carbocycles. The van der Waals surface area contributed by atoms with Crippen LogP contribution in [0, 0.1) is 0 Å². The molecule has 2 heterocycles. The second-order valence-corrected chi connectivity index (χ2v) is 16.9. The highest BCUT2D eigenvalue weighted by Crippen LogP contribution is 2.56. The van der Waals surface area contributed by atoms with E-state index in [1.807, 2.05) is 6.07 Å². The topological polar surface area (TPSA) is 26.3 Å². The quantitative estimate of drug-likeness (QED) is 0.182. The summed E-state index contributed by atoms with van der Waals surface area (Å²) in [6, 6.07) is 57.9. The van der Waals surface area contributed by atoms with E-state index in [0.717, 1.165) is 49.4 Å². The van der Waals surface area contributed by atoms with Crippen LogP contribution in [0.3, 0.4) is 0 Å². The molecule has 56 heavy (non-hydrogen) atoms. The molecule has 0 saturated carbocycles. The van der Waals surface area contributed by atoms with E-state index < -0.39 is 0 Å². The lowest BCUT2D eigenvalue weighted by Gasteiger charge is -2.24. The van der Waals surface area contributed by atoms with Crippen molar-refractivity contribution in [2.45, 2.75) is 38.5 Å². The molecular weight excluding hydrogens is 681 g/mol. The minimum Gasteiger partial charge on any atom is -0.456 e. The number of hydrogen-bond donors (Lipinski definition) is 0. The highest BCUT2D eigenvalue weighted by molar-refractivity contribution is 6.16. The minimum atomic E-state index is -0.114. The molecule has 8 aromatic carbocycles. The SMILES string of the molecule is CC1(C)c2ccccc2-c2cc3c(cc21)-c1ccc(-c2cccc(-c4ccc5oc6cc7oc8ccc(-c9ccccc9)cc8c7cc6c5c4)c2)cc1C3(C)C. The second-order valence-electron chi connectivity index (χ2n) is 16.9. The summed E-state index contributed by atoms with van der Waals surface area (Å²) < 4.78 is 12.8. The first-order chi connectivity index (χ1) is 27.2. The Kier molecular flexibility index (Phi) is 6.22. The van der Waals surface area contributed by atoms with Crippen molar-refractivity contribution in [3.05, 3.63) is 180 Å². The number of hydrogen-bond acceptors (Lipinski definition) is 2. The Morgan fingerprint density at radius 2 is 0.750 bits per heavy atom. The van der Waals surface area contributed by atoms with E-state index in [4.69, 9.17) is 8.83 Å². The Bertz CT molecular complexity index is 3300. The van der Waals surface area contributed by atoms with Crippen molar-refractivity contribution in [1.29, 1.82) is 0 Å². The van der Waals surface area contributed by atoms with Crippen molar-refractivity contribution in [2.24, 2.45) is 0 Å². The van der Waals surface area contributed by atoms with Crippen LogP contribution in [0.4, 0.5) is 0 Å². The first kappa shape index (κ1) is 31.7. The largest absolute Gasteiger partial charge is 0.456 e. The van der Waals surface area contributed by atoms with E-state index in [1.165, 1.54) is 72.3 Å². The Hall–Kier alpha value is -6.64. The molecule has 10 aromatic rings. The molecule has 2 aromatic heterocycles. The van der Waals surface area contributed by atoms with Crippen molar-refractivity contribution in [3.8, 4) is 55.6 Å². The highest BCUT2D eigenvalue weighted by atomic mass is 16.3. The van der Waals surface area contributed by atoms with Crippen LogP contribution < -0.4 is 0 Å². The first-order valence-electron chi connectivity index (χ1n) is 19.6. The lowest BCUT2D eigenvalue weighted by molar-refractivity contribution is 0.652. The molecule has 0 N–H and O–H groups in total. The Morgan fingerprint density at radius 3 is 1.41 bits per heavy atom. The van der Waals surface area contributed by atoms with Gasteiger partial charge in [-0.3, -0.25) is 0 Å². The maximum absolute atomic E-state index is 6.42. The van der Waals surface area contributed by atoms with Gasteiger partial charge in [0.1, 0.15) is 22.3 Å². The van der Waals surface area contributed by atoms with Gasteiger partial charge in [-0.15, -0.1) is 0 Å². The number of furan rings is 2. The molecule has 0 spiro atoms. The van der Waals surface area contributed by atoms with Gasteiger partial charge in [0.25, 0.3) is 0 Å². The van der Waals surface area contributed by atoms with Gasteiger partial charge in [-0.1, -0.05) is 125 Å². The van der Waals surface area contributed by atoms with E-state index in [2.05, 4.69) is 179 Å². The third-order valence-corrected chi connectivity index (χ3v) is 13.1. The predicted molar refractivity (Wildman–Crippen MR) is 232 cm³/mol. The van der Waals surface area contributed by atoms with Crippen LogP contribution in [-0.2, 0) is 10.8 Å². The summed E-state index contributed by atoms with van der Waals surface area (Å²) in [6.07, 6.45) is 0. The van der Waals surface area contributed by atoms with Crippen molar-refractivity contribution in [3.63, 3.8) is 0 Å². The van der Waals surface area contributed by atoms with Crippen LogP contribution >= 0.6 is 0 Å². The van der Waals surface area contributed by atoms with E-state index in [1.54, 1.807) is 0 Å². The Morgan fingerprint density at radius 1 is 0.286 bits per heavy atom. The van der Waals surface area contributed by atoms with Gasteiger partial charge in [-0.25, -0.2) is 0 Å². The van der Waals surface area contributed by atoms with Crippen molar-refractivity contribution in [1.82, 2.24) is 0 Å². The molecule has 266 valence electrons. The van der Waals surface area contributed by atoms with Crippen LogP contribution in [0.25, 0.3) is 99.5 Å². The van der Waals surface area contributed by atoms with Crippen molar-refractivity contribution < 1.29 is 8.83 Å². The van der Waals surface area contributed by atoms with Crippen molar-refractivity contribution >= 4 is 43.9 Å². The van der Waals surface area contributed by atoms with Crippen LogP contribution in [0.15, 0.2) is 167 Å². The zero-order valence-corrected chi connectivity index (χ0v) is 31.8. The van der Waals surface area contributed by atoms with E-state index in [0.29, 0.717) is 0 Å². The standard InChI is InChI=1S/C54H38O2/c1-53(2)45-16-9-8-15-37(45)39-28-48-40(29-47(39)53)38-20-17-36(26-46(38)54(48,3)4)33-14-10-13-32(23-33)35-19-22-50-42(25-35)44-27-43-41-24-34(31-11-6-5-7-12-31)18-21-49(41)55-51(43)30-52(44)56-50/h5-30H,1-4H3. The summed E-state index contributed by atoms with van der Waals surface area (Å²) >= 11 is 0. The number of rotatable bonds is 3. The summed E-state index contributed by atoms with van der Waals surface area (Å²) in [5, 5.41) is 4.41. The van der Waals surface area contributed by atoms with E-state index in [9.17, 15) is 0 Å². The van der Waals surface area contributed by atoms with Crippen LogP contribution in [0.2, 0.25) is 0 Å². The molecule has 2 aliphatic rings. The van der Waals surface area contributed by atoms with E-state index >= 15 is 0 Å². The van der Waals surface area contributed by atoms with Gasteiger partial charge in [-0.2, -0.15) is 0 Å². The molecule has 0 saturated heterocycles. The number of fused-ring (bicyclic) bond motifs is 12. The Balaban J connectivity index is 0.929. The lowest BCUT2D eigenvalue weighted by atomic mass is 9.79. The summed E-state index contributed by atoms with van der Waals surface area (Å²) in [7, 11) is 0.